The Morgan fingerprint density at radius 1 is 1.46 bits per heavy atom. The molecule has 2 aliphatic carbocycles. The van der Waals surface area contributed by atoms with Gasteiger partial charge in [-0.25, -0.2) is 0 Å². The molecule has 1 saturated carbocycles. The fraction of sp³-hybridized carbons (Fsp3) is 0.818. The quantitative estimate of drug-likeness (QED) is 0.603. The van der Waals surface area contributed by atoms with Crippen LogP contribution >= 0.6 is 0 Å². The second kappa shape index (κ2) is 3.43. The second-order valence-electron chi connectivity index (χ2n) is 4.49. The molecule has 0 heterocycles. The molecule has 0 amide bonds. The van der Waals surface area contributed by atoms with Crippen LogP contribution in [0.3, 0.4) is 0 Å². The first-order valence-electron chi connectivity index (χ1n) is 5.36. The summed E-state index contributed by atoms with van der Waals surface area (Å²) in [4.78, 5) is 0. The Balaban J connectivity index is 2.25. The monoisotopic (exact) mass is 181 g/mol. The summed E-state index contributed by atoms with van der Waals surface area (Å²) >= 11 is 0. The fourth-order valence-electron chi connectivity index (χ4n) is 2.83. The van der Waals surface area contributed by atoms with Gasteiger partial charge in [0.2, 0.25) is 0 Å². The van der Waals surface area contributed by atoms with Gasteiger partial charge in [-0.1, -0.05) is 18.1 Å². The van der Waals surface area contributed by atoms with Gasteiger partial charge in [0.05, 0.1) is 6.10 Å². The molecular weight excluding hydrogens is 162 g/mol. The SMILES string of the molecule is NCC12CCCCC1=CC(O)CC2. The van der Waals surface area contributed by atoms with Gasteiger partial charge >= 0.3 is 0 Å². The van der Waals surface area contributed by atoms with Gasteiger partial charge in [0.15, 0.2) is 0 Å². The molecule has 0 spiro atoms. The van der Waals surface area contributed by atoms with Crippen molar-refractivity contribution in [2.24, 2.45) is 11.1 Å². The highest BCUT2D eigenvalue weighted by atomic mass is 16.3. The molecule has 2 nitrogen and oxygen atoms in total. The number of aliphatic hydroxyl groups excluding tert-OH is 1. The molecule has 3 N–H and O–H groups in total. The van der Waals surface area contributed by atoms with E-state index in [9.17, 15) is 5.11 Å². The Morgan fingerprint density at radius 2 is 2.31 bits per heavy atom. The number of nitrogens with two attached hydrogens (primary N) is 1. The van der Waals surface area contributed by atoms with Gasteiger partial charge < -0.3 is 10.8 Å². The molecule has 0 bridgehead atoms. The lowest BCUT2D eigenvalue weighted by atomic mass is 9.64. The fourth-order valence-corrected chi connectivity index (χ4v) is 2.83. The molecule has 13 heavy (non-hydrogen) atoms. The van der Waals surface area contributed by atoms with Gasteiger partial charge in [-0.15, -0.1) is 0 Å². The van der Waals surface area contributed by atoms with Gasteiger partial charge in [-0.2, -0.15) is 0 Å². The first-order chi connectivity index (χ1) is 6.27. The molecule has 2 unspecified atom stereocenters. The van der Waals surface area contributed by atoms with Crippen molar-refractivity contribution in [1.29, 1.82) is 0 Å². The average Bonchev–Trinajstić information content (AvgIpc) is 2.18. The lowest BCUT2D eigenvalue weighted by Gasteiger charge is -2.42. The summed E-state index contributed by atoms with van der Waals surface area (Å²) in [5, 5.41) is 9.54. The third-order valence-electron chi connectivity index (χ3n) is 3.74. The number of rotatable bonds is 1. The number of fused-ring (bicyclic) bond motifs is 1. The topological polar surface area (TPSA) is 46.2 Å². The number of aliphatic hydroxyl groups is 1. The van der Waals surface area contributed by atoms with Gasteiger partial charge in [-0.3, -0.25) is 0 Å². The lowest BCUT2D eigenvalue weighted by molar-refractivity contribution is 0.146. The summed E-state index contributed by atoms with van der Waals surface area (Å²) in [5.41, 5.74) is 7.59. The molecular formula is C11H19NO. The van der Waals surface area contributed by atoms with E-state index in [0.29, 0.717) is 0 Å². The van der Waals surface area contributed by atoms with Crippen LogP contribution in [0.25, 0.3) is 0 Å². The molecule has 0 aliphatic heterocycles. The van der Waals surface area contributed by atoms with Gasteiger partial charge in [0.25, 0.3) is 0 Å². The molecule has 2 aliphatic rings. The van der Waals surface area contributed by atoms with Crippen LogP contribution in [0.2, 0.25) is 0 Å². The molecule has 0 aromatic rings. The van der Waals surface area contributed by atoms with E-state index in [2.05, 4.69) is 6.08 Å². The minimum atomic E-state index is -0.201. The number of hydrogen-bond donors (Lipinski definition) is 2. The summed E-state index contributed by atoms with van der Waals surface area (Å²) in [6.45, 7) is 0.769. The van der Waals surface area contributed by atoms with Crippen LogP contribution in [0.5, 0.6) is 0 Å². The predicted octanol–water partition coefficient (Wildman–Crippen LogP) is 1.59. The first kappa shape index (κ1) is 9.22. The molecule has 2 atom stereocenters. The third kappa shape index (κ3) is 1.53. The highest BCUT2D eigenvalue weighted by molar-refractivity contribution is 5.22. The van der Waals surface area contributed by atoms with Crippen LogP contribution < -0.4 is 5.73 Å². The molecule has 74 valence electrons. The third-order valence-corrected chi connectivity index (χ3v) is 3.74. The zero-order chi connectivity index (χ0) is 9.31. The van der Waals surface area contributed by atoms with E-state index in [1.165, 1.54) is 24.8 Å². The van der Waals surface area contributed by atoms with Gasteiger partial charge in [0.1, 0.15) is 0 Å². The number of hydrogen-bond acceptors (Lipinski definition) is 2. The Bertz CT molecular complexity index is 224. The van der Waals surface area contributed by atoms with Crippen molar-refractivity contribution in [2.45, 2.75) is 44.6 Å². The molecule has 0 aromatic carbocycles. The minimum Gasteiger partial charge on any atom is -0.389 e. The van der Waals surface area contributed by atoms with Crippen LogP contribution in [-0.4, -0.2) is 17.8 Å². The van der Waals surface area contributed by atoms with Crippen molar-refractivity contribution in [3.8, 4) is 0 Å². The molecule has 2 heteroatoms. The smallest absolute Gasteiger partial charge is 0.0724 e. The van der Waals surface area contributed by atoms with Crippen molar-refractivity contribution in [3.05, 3.63) is 11.6 Å². The molecule has 2 rings (SSSR count). The van der Waals surface area contributed by atoms with Gasteiger partial charge in [0, 0.05) is 12.0 Å². The van der Waals surface area contributed by atoms with E-state index in [-0.39, 0.29) is 11.5 Å². The zero-order valence-electron chi connectivity index (χ0n) is 8.13. The highest BCUT2D eigenvalue weighted by Crippen LogP contribution is 2.46. The largest absolute Gasteiger partial charge is 0.389 e. The van der Waals surface area contributed by atoms with Crippen LogP contribution in [0.1, 0.15) is 38.5 Å². The minimum absolute atomic E-state index is 0.201. The van der Waals surface area contributed by atoms with Crippen molar-refractivity contribution >= 4 is 0 Å². The zero-order valence-corrected chi connectivity index (χ0v) is 8.13. The van der Waals surface area contributed by atoms with Crippen LogP contribution in [0.15, 0.2) is 11.6 Å². The van der Waals surface area contributed by atoms with E-state index in [1.807, 2.05) is 0 Å². The van der Waals surface area contributed by atoms with Crippen molar-refractivity contribution < 1.29 is 5.11 Å². The van der Waals surface area contributed by atoms with Crippen LogP contribution in [0, 0.1) is 5.41 Å². The van der Waals surface area contributed by atoms with E-state index in [0.717, 1.165) is 25.8 Å². The Labute approximate surface area is 79.8 Å². The lowest BCUT2D eigenvalue weighted by Crippen LogP contribution is -2.38. The average molecular weight is 181 g/mol. The standard InChI is InChI=1S/C11H19NO/c12-8-11-5-2-1-3-9(11)7-10(13)4-6-11/h7,10,13H,1-6,8,12H2. The van der Waals surface area contributed by atoms with Crippen molar-refractivity contribution in [2.75, 3.05) is 6.54 Å². The molecule has 0 aromatic heterocycles. The molecule has 1 fully saturated rings. The normalized spacial score (nSPS) is 39.5. The van der Waals surface area contributed by atoms with E-state index < -0.39 is 0 Å². The Kier molecular flexibility index (Phi) is 2.43. The second-order valence-corrected chi connectivity index (χ2v) is 4.49. The first-order valence-corrected chi connectivity index (χ1v) is 5.36. The van der Waals surface area contributed by atoms with Crippen molar-refractivity contribution in [1.82, 2.24) is 0 Å². The summed E-state index contributed by atoms with van der Waals surface area (Å²) in [7, 11) is 0. The molecule has 0 radical (unpaired) electrons. The maximum absolute atomic E-state index is 9.54. The van der Waals surface area contributed by atoms with E-state index in [4.69, 9.17) is 5.73 Å². The summed E-state index contributed by atoms with van der Waals surface area (Å²) in [5.74, 6) is 0. The van der Waals surface area contributed by atoms with Crippen molar-refractivity contribution in [3.63, 3.8) is 0 Å². The van der Waals surface area contributed by atoms with E-state index in [1.54, 1.807) is 0 Å². The highest BCUT2D eigenvalue weighted by Gasteiger charge is 2.37. The molecule has 0 saturated heterocycles. The predicted molar refractivity (Wildman–Crippen MR) is 53.3 cm³/mol. The maximum Gasteiger partial charge on any atom is 0.0724 e. The van der Waals surface area contributed by atoms with E-state index >= 15 is 0 Å². The summed E-state index contributed by atoms with van der Waals surface area (Å²) in [6, 6.07) is 0. The van der Waals surface area contributed by atoms with Gasteiger partial charge in [-0.05, 0) is 32.1 Å². The summed E-state index contributed by atoms with van der Waals surface area (Å²) in [6.07, 6.45) is 8.85. The van der Waals surface area contributed by atoms with Crippen LogP contribution in [-0.2, 0) is 0 Å². The Morgan fingerprint density at radius 3 is 3.08 bits per heavy atom. The summed E-state index contributed by atoms with van der Waals surface area (Å²) < 4.78 is 0. The Hall–Kier alpha value is -0.340. The maximum atomic E-state index is 9.54. The van der Waals surface area contributed by atoms with Crippen LogP contribution in [0.4, 0.5) is 0 Å².